The van der Waals surface area contributed by atoms with E-state index in [1.807, 2.05) is 0 Å². The highest BCUT2D eigenvalue weighted by Crippen LogP contribution is 2.41. The molecule has 0 aromatic heterocycles. The highest BCUT2D eigenvalue weighted by atomic mass is 16.4. The van der Waals surface area contributed by atoms with E-state index in [9.17, 15) is 19.5 Å². The van der Waals surface area contributed by atoms with Gasteiger partial charge < -0.3 is 20.2 Å². The number of urea groups is 1. The van der Waals surface area contributed by atoms with Crippen molar-refractivity contribution in [3.05, 3.63) is 0 Å². The largest absolute Gasteiger partial charge is 0.480 e. The van der Waals surface area contributed by atoms with E-state index in [2.05, 4.69) is 5.32 Å². The summed E-state index contributed by atoms with van der Waals surface area (Å²) in [5.41, 5.74) is 0. The molecule has 4 atom stereocenters. The first-order chi connectivity index (χ1) is 13.5. The Kier molecular flexibility index (Phi) is 5.78. The Labute approximate surface area is 166 Å². The number of hydrogen-bond donors (Lipinski definition) is 2. The SMILES string of the molecule is O=C(O)C1CC2CCCCC2N1C(=O)C1CCCN(C(=O)NC2CCCC2)C1. The molecule has 2 aliphatic heterocycles. The molecule has 2 N–H and O–H groups in total. The molecule has 2 heterocycles. The van der Waals surface area contributed by atoms with E-state index in [1.54, 1.807) is 9.80 Å². The molecule has 0 bridgehead atoms. The summed E-state index contributed by atoms with van der Waals surface area (Å²) in [5, 5.41) is 12.8. The van der Waals surface area contributed by atoms with E-state index in [0.717, 1.165) is 51.4 Å². The first-order valence-corrected chi connectivity index (χ1v) is 11.1. The maximum Gasteiger partial charge on any atom is 0.326 e. The Bertz CT molecular complexity index is 619. The molecule has 0 aromatic rings. The number of carbonyl (C=O) groups excluding carboxylic acids is 2. The molecule has 4 aliphatic rings. The topological polar surface area (TPSA) is 90.0 Å². The smallest absolute Gasteiger partial charge is 0.326 e. The summed E-state index contributed by atoms with van der Waals surface area (Å²) in [5.74, 6) is -0.871. The third kappa shape index (κ3) is 3.85. The maximum absolute atomic E-state index is 13.4. The summed E-state index contributed by atoms with van der Waals surface area (Å²) < 4.78 is 0. The molecule has 2 saturated heterocycles. The van der Waals surface area contributed by atoms with E-state index < -0.39 is 12.0 Å². The second kappa shape index (κ2) is 8.29. The lowest BCUT2D eigenvalue weighted by molar-refractivity contribution is -0.152. The highest BCUT2D eigenvalue weighted by molar-refractivity contribution is 5.87. The monoisotopic (exact) mass is 391 g/mol. The zero-order valence-corrected chi connectivity index (χ0v) is 16.6. The van der Waals surface area contributed by atoms with Crippen LogP contribution in [0, 0.1) is 11.8 Å². The minimum Gasteiger partial charge on any atom is -0.480 e. The van der Waals surface area contributed by atoms with Crippen LogP contribution >= 0.6 is 0 Å². The molecular weight excluding hydrogens is 358 g/mol. The Hall–Kier alpha value is -1.79. The minimum atomic E-state index is -0.880. The van der Waals surface area contributed by atoms with Crippen molar-refractivity contribution in [3.63, 3.8) is 0 Å². The van der Waals surface area contributed by atoms with Crippen molar-refractivity contribution in [2.75, 3.05) is 13.1 Å². The summed E-state index contributed by atoms with van der Waals surface area (Å²) in [7, 11) is 0. The fourth-order valence-electron chi connectivity index (χ4n) is 5.91. The van der Waals surface area contributed by atoms with Gasteiger partial charge >= 0.3 is 12.0 Å². The summed E-state index contributed by atoms with van der Waals surface area (Å²) >= 11 is 0. The van der Waals surface area contributed by atoms with Crippen LogP contribution in [0.1, 0.15) is 70.6 Å². The molecule has 4 fully saturated rings. The van der Waals surface area contributed by atoms with Crippen LogP contribution in [0.2, 0.25) is 0 Å². The molecule has 3 amide bonds. The highest BCUT2D eigenvalue weighted by Gasteiger charge is 2.49. The third-order valence-electron chi connectivity index (χ3n) is 7.37. The van der Waals surface area contributed by atoms with Gasteiger partial charge in [0.15, 0.2) is 0 Å². The number of amides is 3. The Morgan fingerprint density at radius 2 is 1.61 bits per heavy atom. The molecule has 2 saturated carbocycles. The second-order valence-electron chi connectivity index (χ2n) is 9.16. The van der Waals surface area contributed by atoms with Crippen molar-refractivity contribution >= 4 is 17.9 Å². The average Bonchev–Trinajstić information content (AvgIpc) is 3.35. The summed E-state index contributed by atoms with van der Waals surface area (Å²) in [6, 6.07) is -0.411. The van der Waals surface area contributed by atoms with Crippen molar-refractivity contribution in [2.45, 2.75) is 88.8 Å². The second-order valence-corrected chi connectivity index (χ2v) is 9.16. The third-order valence-corrected chi connectivity index (χ3v) is 7.37. The molecule has 7 nitrogen and oxygen atoms in total. The van der Waals surface area contributed by atoms with Gasteiger partial charge in [-0.05, 0) is 50.9 Å². The van der Waals surface area contributed by atoms with Crippen molar-refractivity contribution in [3.8, 4) is 0 Å². The summed E-state index contributed by atoms with van der Waals surface area (Å²) in [6.45, 7) is 1.09. The van der Waals surface area contributed by atoms with E-state index >= 15 is 0 Å². The molecule has 0 aromatic carbocycles. The van der Waals surface area contributed by atoms with Gasteiger partial charge in [0.1, 0.15) is 6.04 Å². The number of piperidine rings is 1. The number of carboxylic acid groups (broad SMARTS) is 1. The van der Waals surface area contributed by atoms with Crippen LogP contribution in [0.4, 0.5) is 4.79 Å². The quantitative estimate of drug-likeness (QED) is 0.774. The standard InChI is InChI=1S/C21H33N3O4/c25-19(24-17-10-4-1-6-14(17)12-18(24)20(26)27)15-7-5-11-23(13-15)21(28)22-16-8-2-3-9-16/h14-18H,1-13H2,(H,22,28)(H,26,27). The van der Waals surface area contributed by atoms with Gasteiger partial charge in [-0.15, -0.1) is 0 Å². The zero-order valence-electron chi connectivity index (χ0n) is 16.6. The van der Waals surface area contributed by atoms with E-state index in [-0.39, 0.29) is 29.9 Å². The molecule has 0 spiro atoms. The number of aliphatic carboxylic acids is 1. The van der Waals surface area contributed by atoms with Crippen LogP contribution < -0.4 is 5.32 Å². The van der Waals surface area contributed by atoms with Gasteiger partial charge in [-0.2, -0.15) is 0 Å². The van der Waals surface area contributed by atoms with E-state index in [1.165, 1.54) is 12.8 Å². The number of nitrogens with zero attached hydrogens (tertiary/aromatic N) is 2. The number of carboxylic acids is 1. The van der Waals surface area contributed by atoms with Gasteiger partial charge in [-0.3, -0.25) is 4.79 Å². The minimum absolute atomic E-state index is 0.0415. The maximum atomic E-state index is 13.4. The van der Waals surface area contributed by atoms with Gasteiger partial charge in [0.05, 0.1) is 5.92 Å². The Balaban J connectivity index is 1.42. The van der Waals surface area contributed by atoms with Gasteiger partial charge in [0, 0.05) is 25.2 Å². The fourth-order valence-corrected chi connectivity index (χ4v) is 5.91. The fraction of sp³-hybridized carbons (Fsp3) is 0.857. The first-order valence-electron chi connectivity index (χ1n) is 11.1. The van der Waals surface area contributed by atoms with Gasteiger partial charge in [-0.25, -0.2) is 9.59 Å². The number of carbonyl (C=O) groups is 3. The predicted octanol–water partition coefficient (Wildman–Crippen LogP) is 2.59. The molecule has 2 aliphatic carbocycles. The van der Waals surface area contributed by atoms with Crippen molar-refractivity contribution in [1.29, 1.82) is 0 Å². The van der Waals surface area contributed by atoms with Gasteiger partial charge in [0.2, 0.25) is 5.91 Å². The normalized spacial score (nSPS) is 33.6. The average molecular weight is 392 g/mol. The lowest BCUT2D eigenvalue weighted by atomic mass is 9.84. The molecule has 156 valence electrons. The van der Waals surface area contributed by atoms with Gasteiger partial charge in [0.25, 0.3) is 0 Å². The van der Waals surface area contributed by atoms with Crippen molar-refractivity contribution in [1.82, 2.24) is 15.1 Å². The van der Waals surface area contributed by atoms with Crippen LogP contribution in [-0.4, -0.2) is 64.0 Å². The number of likely N-dealkylation sites (tertiary alicyclic amines) is 2. The lowest BCUT2D eigenvalue weighted by Gasteiger charge is -2.38. The Morgan fingerprint density at radius 3 is 2.36 bits per heavy atom. The molecular formula is C21H33N3O4. The summed E-state index contributed by atoms with van der Waals surface area (Å²) in [6.07, 6.45) is 10.7. The lowest BCUT2D eigenvalue weighted by Crippen LogP contribution is -2.54. The zero-order chi connectivity index (χ0) is 19.7. The van der Waals surface area contributed by atoms with Crippen molar-refractivity contribution in [2.24, 2.45) is 11.8 Å². The predicted molar refractivity (Wildman–Crippen MR) is 104 cm³/mol. The van der Waals surface area contributed by atoms with Crippen molar-refractivity contribution < 1.29 is 19.5 Å². The van der Waals surface area contributed by atoms with Crippen LogP contribution in [0.5, 0.6) is 0 Å². The Morgan fingerprint density at radius 1 is 0.893 bits per heavy atom. The molecule has 0 radical (unpaired) electrons. The molecule has 28 heavy (non-hydrogen) atoms. The van der Waals surface area contributed by atoms with Crippen LogP contribution in [0.3, 0.4) is 0 Å². The van der Waals surface area contributed by atoms with Gasteiger partial charge in [-0.1, -0.05) is 25.7 Å². The summed E-state index contributed by atoms with van der Waals surface area (Å²) in [4.78, 5) is 41.3. The molecule has 4 rings (SSSR count). The molecule has 4 unspecified atom stereocenters. The number of hydrogen-bond acceptors (Lipinski definition) is 3. The van der Waals surface area contributed by atoms with Crippen LogP contribution in [-0.2, 0) is 9.59 Å². The number of rotatable bonds is 3. The van der Waals surface area contributed by atoms with Crippen LogP contribution in [0.25, 0.3) is 0 Å². The number of nitrogens with one attached hydrogen (secondary N) is 1. The number of fused-ring (bicyclic) bond motifs is 1. The van der Waals surface area contributed by atoms with E-state index in [4.69, 9.17) is 0 Å². The molecule has 7 heteroatoms. The first kappa shape index (κ1) is 19.5. The van der Waals surface area contributed by atoms with Crippen LogP contribution in [0.15, 0.2) is 0 Å². The van der Waals surface area contributed by atoms with E-state index in [0.29, 0.717) is 25.4 Å².